The maximum Gasteiger partial charge on any atom is 0.385 e. The van der Waals surface area contributed by atoms with Crippen LogP contribution in [0.15, 0.2) is 30.3 Å². The van der Waals surface area contributed by atoms with Crippen LogP contribution >= 0.6 is 7.60 Å². The van der Waals surface area contributed by atoms with Crippen LogP contribution in [0.4, 0.5) is 0 Å². The van der Waals surface area contributed by atoms with E-state index in [0.29, 0.717) is 6.61 Å². The number of rotatable bonds is 6. The maximum absolute atomic E-state index is 11.6. The highest BCUT2D eigenvalue weighted by molar-refractivity contribution is 7.61. The average Bonchev–Trinajstić information content (AvgIpc) is 2.26. The predicted molar refractivity (Wildman–Crippen MR) is 57.8 cm³/mol. The number of benzene rings is 1. The molecule has 1 rings (SSSR count). The Balaban J connectivity index is 2.49. The van der Waals surface area contributed by atoms with Crippen molar-refractivity contribution in [2.24, 2.45) is 0 Å². The van der Waals surface area contributed by atoms with Gasteiger partial charge in [0.25, 0.3) is 0 Å². The Bertz CT molecular complexity index is 325. The van der Waals surface area contributed by atoms with Crippen molar-refractivity contribution < 1.29 is 19.0 Å². The molecule has 4 nitrogen and oxygen atoms in total. The molecule has 0 amide bonds. The molecule has 15 heavy (non-hydrogen) atoms. The molecule has 0 aliphatic heterocycles. The van der Waals surface area contributed by atoms with E-state index in [1.807, 2.05) is 6.92 Å². The molecular formula is C10H15O4P. The molecule has 1 aromatic rings. The molecular weight excluding hydrogens is 215 g/mol. The van der Waals surface area contributed by atoms with Crippen molar-refractivity contribution in [1.82, 2.24) is 0 Å². The van der Waals surface area contributed by atoms with Gasteiger partial charge in [0.2, 0.25) is 0 Å². The first-order valence-electron chi connectivity index (χ1n) is 4.86. The topological polar surface area (TPSA) is 55.8 Å². The van der Waals surface area contributed by atoms with Crippen molar-refractivity contribution in [3.8, 4) is 0 Å². The summed E-state index contributed by atoms with van der Waals surface area (Å²) in [6.45, 7) is 2.33. The summed E-state index contributed by atoms with van der Waals surface area (Å²) in [6.07, 6.45) is 1.75. The molecule has 84 valence electrons. The van der Waals surface area contributed by atoms with Crippen LogP contribution in [0.25, 0.3) is 0 Å². The first kappa shape index (κ1) is 12.4. The van der Waals surface area contributed by atoms with Gasteiger partial charge in [-0.25, -0.2) is 4.89 Å². The lowest BCUT2D eigenvalue weighted by molar-refractivity contribution is -0.211. The average molecular weight is 230 g/mol. The number of hydrogen-bond donors (Lipinski definition) is 1. The highest BCUT2D eigenvalue weighted by Crippen LogP contribution is 2.40. The molecule has 1 atom stereocenters. The van der Waals surface area contributed by atoms with E-state index >= 15 is 0 Å². The summed E-state index contributed by atoms with van der Waals surface area (Å²) < 4.78 is 16.1. The summed E-state index contributed by atoms with van der Waals surface area (Å²) in [7, 11) is -3.81. The van der Waals surface area contributed by atoms with E-state index < -0.39 is 7.60 Å². The van der Waals surface area contributed by atoms with E-state index in [4.69, 9.17) is 0 Å². The van der Waals surface area contributed by atoms with Gasteiger partial charge >= 0.3 is 7.60 Å². The minimum absolute atomic E-state index is 0.237. The Morgan fingerprint density at radius 2 is 2.00 bits per heavy atom. The molecule has 0 aliphatic rings. The van der Waals surface area contributed by atoms with E-state index in [1.54, 1.807) is 18.2 Å². The molecule has 0 fully saturated rings. The Hall–Kier alpha value is -0.670. The number of unbranched alkanes of at least 4 members (excludes halogenated alkanes) is 1. The van der Waals surface area contributed by atoms with Crippen molar-refractivity contribution in [3.63, 3.8) is 0 Å². The molecule has 0 bridgehead atoms. The molecule has 5 heteroatoms. The highest BCUT2D eigenvalue weighted by atomic mass is 31.2. The fraction of sp³-hybridized carbons (Fsp3) is 0.400. The van der Waals surface area contributed by atoms with Crippen LogP contribution in [0.1, 0.15) is 19.8 Å². The fourth-order valence-electron chi connectivity index (χ4n) is 0.971. The van der Waals surface area contributed by atoms with Gasteiger partial charge in [0.05, 0.1) is 11.9 Å². The van der Waals surface area contributed by atoms with Crippen LogP contribution in [0.3, 0.4) is 0 Å². The Morgan fingerprint density at radius 1 is 1.33 bits per heavy atom. The smallest absolute Gasteiger partial charge is 0.319 e. The lowest BCUT2D eigenvalue weighted by Crippen LogP contribution is -2.07. The molecule has 0 aliphatic carbocycles. The highest BCUT2D eigenvalue weighted by Gasteiger charge is 2.23. The zero-order valence-electron chi connectivity index (χ0n) is 8.63. The monoisotopic (exact) mass is 230 g/mol. The van der Waals surface area contributed by atoms with Crippen molar-refractivity contribution in [2.75, 3.05) is 6.61 Å². The van der Waals surface area contributed by atoms with Crippen molar-refractivity contribution in [2.45, 2.75) is 19.8 Å². The normalized spacial score (nSPS) is 14.8. The van der Waals surface area contributed by atoms with Gasteiger partial charge in [0, 0.05) is 0 Å². The molecule has 0 heterocycles. The standard InChI is InChI=1S/C10H15O4P/c1-2-3-9-13-14-15(11,12)10-7-5-4-6-8-10/h4-8H,2-3,9H2,1H3,(H,11,12). The van der Waals surface area contributed by atoms with Crippen LogP contribution in [-0.4, -0.2) is 11.5 Å². The van der Waals surface area contributed by atoms with Gasteiger partial charge in [-0.3, -0.25) is 4.57 Å². The van der Waals surface area contributed by atoms with Crippen LogP contribution in [0, 0.1) is 0 Å². The first-order chi connectivity index (χ1) is 7.17. The van der Waals surface area contributed by atoms with Crippen molar-refractivity contribution in [3.05, 3.63) is 30.3 Å². The third-order valence-corrected chi connectivity index (χ3v) is 3.08. The van der Waals surface area contributed by atoms with Gasteiger partial charge in [-0.15, -0.1) is 4.67 Å². The Labute approximate surface area is 89.3 Å². The molecule has 0 spiro atoms. The summed E-state index contributed by atoms with van der Waals surface area (Å²) in [4.78, 5) is 14.2. The summed E-state index contributed by atoms with van der Waals surface area (Å²) in [5, 5.41) is 0.237. The summed E-state index contributed by atoms with van der Waals surface area (Å²) >= 11 is 0. The van der Waals surface area contributed by atoms with Crippen molar-refractivity contribution >= 4 is 12.9 Å². The Kier molecular flexibility index (Phi) is 4.99. The zero-order valence-corrected chi connectivity index (χ0v) is 9.52. The zero-order chi connectivity index (χ0) is 11.1. The van der Waals surface area contributed by atoms with Gasteiger partial charge in [0.1, 0.15) is 0 Å². The van der Waals surface area contributed by atoms with Crippen LogP contribution in [0.2, 0.25) is 0 Å². The third-order valence-electron chi connectivity index (χ3n) is 1.82. The lowest BCUT2D eigenvalue weighted by atomic mass is 10.4. The number of hydrogen-bond acceptors (Lipinski definition) is 3. The molecule has 1 N–H and O–H groups in total. The fourth-order valence-corrected chi connectivity index (χ4v) is 1.82. The molecule has 0 saturated carbocycles. The largest absolute Gasteiger partial charge is 0.385 e. The minimum atomic E-state index is -3.81. The predicted octanol–water partition coefficient (Wildman–Crippen LogP) is 2.25. The second-order valence-electron chi connectivity index (χ2n) is 3.11. The third kappa shape index (κ3) is 4.14. The van der Waals surface area contributed by atoms with Gasteiger partial charge in [-0.2, -0.15) is 0 Å². The summed E-state index contributed by atoms with van der Waals surface area (Å²) in [5.41, 5.74) is 0. The van der Waals surface area contributed by atoms with Gasteiger partial charge < -0.3 is 4.89 Å². The van der Waals surface area contributed by atoms with E-state index in [9.17, 15) is 9.46 Å². The van der Waals surface area contributed by atoms with Crippen LogP contribution in [-0.2, 0) is 14.1 Å². The van der Waals surface area contributed by atoms with E-state index in [2.05, 4.69) is 9.56 Å². The Morgan fingerprint density at radius 3 is 2.60 bits per heavy atom. The summed E-state index contributed by atoms with van der Waals surface area (Å²) in [6, 6.07) is 8.18. The van der Waals surface area contributed by atoms with E-state index in [1.165, 1.54) is 12.1 Å². The second-order valence-corrected chi connectivity index (χ2v) is 4.81. The van der Waals surface area contributed by atoms with Crippen LogP contribution < -0.4 is 5.30 Å². The molecule has 0 aromatic heterocycles. The maximum atomic E-state index is 11.6. The SMILES string of the molecule is CCCCOOP(=O)(O)c1ccccc1. The van der Waals surface area contributed by atoms with Gasteiger partial charge in [-0.1, -0.05) is 31.5 Å². The van der Waals surface area contributed by atoms with E-state index in [0.717, 1.165) is 12.8 Å². The molecule has 1 aromatic carbocycles. The molecule has 0 saturated heterocycles. The summed E-state index contributed by atoms with van der Waals surface area (Å²) in [5.74, 6) is 0. The first-order valence-corrected chi connectivity index (χ1v) is 6.44. The lowest BCUT2D eigenvalue weighted by Gasteiger charge is -2.10. The molecule has 1 unspecified atom stereocenters. The quantitative estimate of drug-likeness (QED) is 0.352. The second kappa shape index (κ2) is 6.03. The van der Waals surface area contributed by atoms with Gasteiger partial charge in [-0.05, 0) is 18.6 Å². The minimum Gasteiger partial charge on any atom is -0.319 e. The van der Waals surface area contributed by atoms with Gasteiger partial charge in [0.15, 0.2) is 0 Å². The van der Waals surface area contributed by atoms with E-state index in [-0.39, 0.29) is 5.30 Å². The van der Waals surface area contributed by atoms with Crippen molar-refractivity contribution in [1.29, 1.82) is 0 Å². The van der Waals surface area contributed by atoms with Crippen LogP contribution in [0.5, 0.6) is 0 Å². The molecule has 0 radical (unpaired) electrons.